The van der Waals surface area contributed by atoms with Crippen molar-refractivity contribution in [2.24, 2.45) is 5.41 Å². The number of imide groups is 1. The zero-order valence-corrected chi connectivity index (χ0v) is 11.9. The Morgan fingerprint density at radius 2 is 1.80 bits per heavy atom. The lowest BCUT2D eigenvalue weighted by atomic mass is 9.82. The van der Waals surface area contributed by atoms with Crippen LogP contribution in [0.25, 0.3) is 0 Å². The van der Waals surface area contributed by atoms with Gasteiger partial charge in [0.15, 0.2) is 0 Å². The molecule has 1 fully saturated rings. The van der Waals surface area contributed by atoms with Gasteiger partial charge < -0.3 is 10.5 Å². The molecule has 1 saturated heterocycles. The Morgan fingerprint density at radius 3 is 2.40 bits per heavy atom. The highest BCUT2D eigenvalue weighted by Gasteiger charge is 2.37. The summed E-state index contributed by atoms with van der Waals surface area (Å²) in [6.45, 7) is 4.39. The molecule has 2 amide bonds. The number of hydrogen-bond donors (Lipinski definition) is 1. The van der Waals surface area contributed by atoms with Crippen molar-refractivity contribution in [2.45, 2.75) is 26.7 Å². The Morgan fingerprint density at radius 1 is 1.20 bits per heavy atom. The van der Waals surface area contributed by atoms with Crippen molar-refractivity contribution in [1.82, 2.24) is 4.90 Å². The van der Waals surface area contributed by atoms with E-state index in [4.69, 9.17) is 10.5 Å². The minimum absolute atomic E-state index is 0.129. The Balaban J connectivity index is 1.90. The third-order valence-electron chi connectivity index (χ3n) is 3.35. The molecule has 2 rings (SSSR count). The predicted octanol–water partition coefficient (Wildman–Crippen LogP) is 1.82. The number of hydrogen-bond acceptors (Lipinski definition) is 4. The molecule has 2 N–H and O–H groups in total. The highest BCUT2D eigenvalue weighted by Crippen LogP contribution is 2.31. The van der Waals surface area contributed by atoms with Crippen molar-refractivity contribution in [3.05, 3.63) is 24.3 Å². The van der Waals surface area contributed by atoms with E-state index in [9.17, 15) is 9.59 Å². The van der Waals surface area contributed by atoms with Crippen molar-refractivity contribution < 1.29 is 14.3 Å². The van der Waals surface area contributed by atoms with Gasteiger partial charge in [-0.1, -0.05) is 26.0 Å². The zero-order valence-electron chi connectivity index (χ0n) is 11.9. The third-order valence-corrected chi connectivity index (χ3v) is 3.35. The summed E-state index contributed by atoms with van der Waals surface area (Å²) in [7, 11) is 0. The molecule has 1 aromatic rings. The summed E-state index contributed by atoms with van der Waals surface area (Å²) in [5, 5.41) is 0. The van der Waals surface area contributed by atoms with Crippen LogP contribution >= 0.6 is 0 Å². The van der Waals surface area contributed by atoms with Gasteiger partial charge >= 0.3 is 0 Å². The van der Waals surface area contributed by atoms with Crippen molar-refractivity contribution in [3.63, 3.8) is 0 Å². The second kappa shape index (κ2) is 5.53. The maximum Gasteiger partial charge on any atom is 0.229 e. The molecule has 5 nitrogen and oxygen atoms in total. The van der Waals surface area contributed by atoms with Gasteiger partial charge in [-0.15, -0.1) is 0 Å². The van der Waals surface area contributed by atoms with E-state index in [1.54, 1.807) is 12.1 Å². The molecule has 0 saturated carbocycles. The number of nitrogens with zero attached hydrogens (tertiary/aromatic N) is 1. The Labute approximate surface area is 118 Å². The van der Waals surface area contributed by atoms with Crippen LogP contribution in [0.15, 0.2) is 24.3 Å². The average Bonchev–Trinajstić information content (AvgIpc) is 2.33. The lowest BCUT2D eigenvalue weighted by molar-refractivity contribution is -0.152. The monoisotopic (exact) mass is 276 g/mol. The summed E-state index contributed by atoms with van der Waals surface area (Å²) in [6, 6.07) is 7.15. The number of benzene rings is 1. The van der Waals surface area contributed by atoms with Crippen LogP contribution in [-0.4, -0.2) is 29.9 Å². The molecule has 0 bridgehead atoms. The van der Waals surface area contributed by atoms with Crippen LogP contribution < -0.4 is 10.5 Å². The van der Waals surface area contributed by atoms with Crippen molar-refractivity contribution >= 4 is 17.5 Å². The van der Waals surface area contributed by atoms with Crippen LogP contribution in [0.4, 0.5) is 5.69 Å². The van der Waals surface area contributed by atoms with E-state index in [1.165, 1.54) is 4.90 Å². The summed E-state index contributed by atoms with van der Waals surface area (Å²) in [5.41, 5.74) is 6.06. The lowest BCUT2D eigenvalue weighted by Gasteiger charge is -2.34. The minimum atomic E-state index is -0.241. The normalized spacial score (nSPS) is 18.2. The summed E-state index contributed by atoms with van der Waals surface area (Å²) >= 11 is 0. The summed E-state index contributed by atoms with van der Waals surface area (Å²) < 4.78 is 5.52. The molecule has 1 heterocycles. The quantitative estimate of drug-likeness (QED) is 0.672. The first-order chi connectivity index (χ1) is 9.39. The predicted molar refractivity (Wildman–Crippen MR) is 76.1 cm³/mol. The second-order valence-corrected chi connectivity index (χ2v) is 5.84. The molecule has 0 unspecified atom stereocenters. The standard InChI is InChI=1S/C15H20N2O3/c1-15(2)9-13(18)17(14(19)10-15)7-8-20-12-6-4-3-5-11(12)16/h3-6H,7-10,16H2,1-2H3. The first-order valence-corrected chi connectivity index (χ1v) is 6.69. The topological polar surface area (TPSA) is 72.6 Å². The lowest BCUT2D eigenvalue weighted by Crippen LogP contribution is -2.47. The van der Waals surface area contributed by atoms with E-state index in [0.29, 0.717) is 24.3 Å². The number of ether oxygens (including phenoxy) is 1. The van der Waals surface area contributed by atoms with Gasteiger partial charge in [-0.25, -0.2) is 0 Å². The number of nitrogens with two attached hydrogens (primary N) is 1. The highest BCUT2D eigenvalue weighted by atomic mass is 16.5. The Hall–Kier alpha value is -2.04. The van der Waals surface area contributed by atoms with E-state index < -0.39 is 0 Å². The summed E-state index contributed by atoms with van der Waals surface area (Å²) in [6.07, 6.45) is 0.790. The van der Waals surface area contributed by atoms with Crippen LogP contribution in [-0.2, 0) is 9.59 Å². The fourth-order valence-corrected chi connectivity index (χ4v) is 2.32. The fraction of sp³-hybridized carbons (Fsp3) is 0.467. The van der Waals surface area contributed by atoms with Gasteiger partial charge in [0.2, 0.25) is 11.8 Å². The van der Waals surface area contributed by atoms with Gasteiger partial charge in [-0.3, -0.25) is 14.5 Å². The number of rotatable bonds is 4. The van der Waals surface area contributed by atoms with E-state index in [1.807, 2.05) is 26.0 Å². The molecule has 0 atom stereocenters. The molecule has 0 aliphatic carbocycles. The first kappa shape index (κ1) is 14.4. The Kier molecular flexibility index (Phi) is 3.97. The molecule has 0 aromatic heterocycles. The average molecular weight is 276 g/mol. The Bertz CT molecular complexity index is 506. The largest absolute Gasteiger partial charge is 0.490 e. The van der Waals surface area contributed by atoms with E-state index in [2.05, 4.69) is 0 Å². The molecule has 20 heavy (non-hydrogen) atoms. The second-order valence-electron chi connectivity index (χ2n) is 5.84. The molecule has 1 aromatic carbocycles. The molecule has 108 valence electrons. The number of carbonyl (C=O) groups excluding carboxylic acids is 2. The smallest absolute Gasteiger partial charge is 0.229 e. The number of nitrogen functional groups attached to an aromatic ring is 1. The van der Waals surface area contributed by atoms with Gasteiger partial charge in [-0.05, 0) is 17.5 Å². The molecule has 0 spiro atoms. The molecule has 0 radical (unpaired) electrons. The minimum Gasteiger partial charge on any atom is -0.490 e. The number of carbonyl (C=O) groups is 2. The first-order valence-electron chi connectivity index (χ1n) is 6.69. The van der Waals surface area contributed by atoms with Crippen molar-refractivity contribution in [3.8, 4) is 5.75 Å². The van der Waals surface area contributed by atoms with Crippen LogP contribution in [0.2, 0.25) is 0 Å². The summed E-state index contributed by atoms with van der Waals surface area (Å²) in [5.74, 6) is 0.316. The van der Waals surface area contributed by atoms with Crippen LogP contribution in [0.5, 0.6) is 5.75 Å². The molecule has 5 heteroatoms. The zero-order chi connectivity index (χ0) is 14.8. The molecule has 1 aliphatic rings. The van der Waals surface area contributed by atoms with Gasteiger partial charge in [-0.2, -0.15) is 0 Å². The van der Waals surface area contributed by atoms with Crippen LogP contribution in [0.1, 0.15) is 26.7 Å². The van der Waals surface area contributed by atoms with Crippen molar-refractivity contribution in [2.75, 3.05) is 18.9 Å². The molecular formula is C15H20N2O3. The number of likely N-dealkylation sites (tertiary alicyclic amines) is 1. The highest BCUT2D eigenvalue weighted by molar-refractivity contribution is 5.98. The van der Waals surface area contributed by atoms with Gasteiger partial charge in [0.25, 0.3) is 0 Å². The third kappa shape index (κ3) is 3.29. The van der Waals surface area contributed by atoms with E-state index >= 15 is 0 Å². The van der Waals surface area contributed by atoms with Gasteiger partial charge in [0.1, 0.15) is 12.4 Å². The van der Waals surface area contributed by atoms with Crippen LogP contribution in [0, 0.1) is 5.41 Å². The van der Waals surface area contributed by atoms with E-state index in [0.717, 1.165) is 0 Å². The van der Waals surface area contributed by atoms with Gasteiger partial charge in [0, 0.05) is 12.8 Å². The maximum absolute atomic E-state index is 12.0. The van der Waals surface area contributed by atoms with Crippen molar-refractivity contribution in [1.29, 1.82) is 0 Å². The number of piperidine rings is 1. The molecule has 1 aliphatic heterocycles. The fourth-order valence-electron chi connectivity index (χ4n) is 2.32. The van der Waals surface area contributed by atoms with E-state index in [-0.39, 0.29) is 30.4 Å². The van der Waals surface area contributed by atoms with Gasteiger partial charge in [0.05, 0.1) is 12.2 Å². The maximum atomic E-state index is 12.0. The number of anilines is 1. The number of amides is 2. The SMILES string of the molecule is CC1(C)CC(=O)N(CCOc2ccccc2N)C(=O)C1. The number of para-hydroxylation sites is 2. The molecular weight excluding hydrogens is 256 g/mol. The summed E-state index contributed by atoms with van der Waals surface area (Å²) in [4.78, 5) is 25.2. The van der Waals surface area contributed by atoms with Crippen LogP contribution in [0.3, 0.4) is 0 Å².